The van der Waals surface area contributed by atoms with Crippen LogP contribution >= 0.6 is 0 Å². The number of esters is 1. The highest BCUT2D eigenvalue weighted by molar-refractivity contribution is 5.85. The fourth-order valence-electron chi connectivity index (χ4n) is 2.42. The first kappa shape index (κ1) is 17.2. The fraction of sp³-hybridized carbons (Fsp3) is 0.533. The Kier molecular flexibility index (Phi) is 3.90. The van der Waals surface area contributed by atoms with Crippen molar-refractivity contribution in [1.82, 2.24) is 0 Å². The number of hydrogen-bond donors (Lipinski definition) is 0. The second kappa shape index (κ2) is 5.21. The van der Waals surface area contributed by atoms with Gasteiger partial charge in [-0.15, -0.1) is 0 Å². The van der Waals surface area contributed by atoms with E-state index in [1.165, 1.54) is 12.1 Å². The van der Waals surface area contributed by atoms with Gasteiger partial charge in [-0.05, 0) is 38.5 Å². The molecule has 1 aliphatic rings. The van der Waals surface area contributed by atoms with E-state index < -0.39 is 39.7 Å². The number of nitrogens with zero attached hydrogens (tertiary/aromatic N) is 1. The van der Waals surface area contributed by atoms with Gasteiger partial charge >= 0.3 is 17.7 Å². The molecule has 8 heteroatoms. The van der Waals surface area contributed by atoms with E-state index in [4.69, 9.17) is 4.74 Å². The Bertz CT molecular complexity index is 634. The topological polar surface area (TPSA) is 69.4 Å². The number of hydrogen-bond acceptors (Lipinski definition) is 4. The molecule has 0 amide bonds. The first-order valence-corrected chi connectivity index (χ1v) is 6.93. The van der Waals surface area contributed by atoms with Gasteiger partial charge in [0.1, 0.15) is 5.60 Å². The van der Waals surface area contributed by atoms with Crippen LogP contribution in [0.1, 0.15) is 44.2 Å². The van der Waals surface area contributed by atoms with Gasteiger partial charge in [0.25, 0.3) is 0 Å². The fourth-order valence-corrected chi connectivity index (χ4v) is 2.42. The van der Waals surface area contributed by atoms with Crippen LogP contribution in [0.15, 0.2) is 24.3 Å². The van der Waals surface area contributed by atoms with Gasteiger partial charge in [-0.3, -0.25) is 10.1 Å². The molecule has 1 saturated carbocycles. The van der Waals surface area contributed by atoms with Crippen LogP contribution in [0.25, 0.3) is 0 Å². The normalized spacial score (nSPS) is 24.2. The molecular weight excluding hydrogens is 315 g/mol. The number of benzene rings is 1. The Hall–Kier alpha value is -2.12. The van der Waals surface area contributed by atoms with Gasteiger partial charge < -0.3 is 4.74 Å². The van der Waals surface area contributed by atoms with E-state index in [2.05, 4.69) is 0 Å². The van der Waals surface area contributed by atoms with Gasteiger partial charge in [-0.25, -0.2) is 4.79 Å². The summed E-state index contributed by atoms with van der Waals surface area (Å²) in [6.07, 6.45) is -4.56. The lowest BCUT2D eigenvalue weighted by atomic mass is 10.0. The second-order valence-electron chi connectivity index (χ2n) is 6.56. The number of carbonyl (C=O) groups excluding carboxylic acids is 1. The summed E-state index contributed by atoms with van der Waals surface area (Å²) in [6.45, 7) is 4.77. The maximum atomic E-state index is 12.5. The zero-order valence-electron chi connectivity index (χ0n) is 12.8. The molecule has 1 fully saturated rings. The summed E-state index contributed by atoms with van der Waals surface area (Å²) in [5.41, 5.74) is -3.31. The molecule has 1 aliphatic carbocycles. The van der Waals surface area contributed by atoms with Crippen LogP contribution in [-0.4, -0.2) is 22.0 Å². The van der Waals surface area contributed by atoms with Crippen LogP contribution in [0, 0.1) is 10.1 Å². The molecule has 0 spiro atoms. The zero-order chi connectivity index (χ0) is 17.6. The quantitative estimate of drug-likeness (QED) is 0.482. The highest BCUT2D eigenvalue weighted by Crippen LogP contribution is 2.55. The van der Waals surface area contributed by atoms with E-state index in [1.807, 2.05) is 0 Å². The Balaban J connectivity index is 2.25. The monoisotopic (exact) mass is 331 g/mol. The van der Waals surface area contributed by atoms with Crippen molar-refractivity contribution < 1.29 is 27.6 Å². The highest BCUT2D eigenvalue weighted by atomic mass is 19.4. The van der Waals surface area contributed by atoms with E-state index >= 15 is 0 Å². The minimum atomic E-state index is -4.48. The molecule has 0 radical (unpaired) electrons. The van der Waals surface area contributed by atoms with E-state index in [1.54, 1.807) is 20.8 Å². The summed E-state index contributed by atoms with van der Waals surface area (Å²) in [5, 5.41) is 11.3. The third-order valence-corrected chi connectivity index (χ3v) is 3.65. The van der Waals surface area contributed by atoms with Crippen molar-refractivity contribution in [3.8, 4) is 0 Å². The first-order chi connectivity index (χ1) is 10.4. The summed E-state index contributed by atoms with van der Waals surface area (Å²) in [4.78, 5) is 22.8. The van der Waals surface area contributed by atoms with Gasteiger partial charge in [0, 0.05) is 11.3 Å². The molecule has 0 bridgehead atoms. The van der Waals surface area contributed by atoms with Gasteiger partial charge in [-0.1, -0.05) is 12.1 Å². The molecule has 0 aromatic heterocycles. The van der Waals surface area contributed by atoms with Crippen LogP contribution in [0.3, 0.4) is 0 Å². The SMILES string of the molecule is CC(C)(C)OC(=O)C1([N+](=O)[O-])CC1c1ccc(C(F)(F)F)cc1. The van der Waals surface area contributed by atoms with Crippen molar-refractivity contribution in [3.05, 3.63) is 45.5 Å². The van der Waals surface area contributed by atoms with Crippen LogP contribution in [-0.2, 0) is 15.7 Å². The number of rotatable bonds is 3. The standard InChI is InChI=1S/C15H16F3NO4/c1-13(2,3)23-12(20)14(19(21)22)8-11(14)9-4-6-10(7-5-9)15(16,17)18/h4-7,11H,8H2,1-3H3. The smallest absolute Gasteiger partial charge is 0.416 e. The largest absolute Gasteiger partial charge is 0.455 e. The third kappa shape index (κ3) is 3.30. The van der Waals surface area contributed by atoms with Gasteiger partial charge in [-0.2, -0.15) is 13.2 Å². The van der Waals surface area contributed by atoms with Crippen LogP contribution in [0.5, 0.6) is 0 Å². The Morgan fingerprint density at radius 2 is 1.78 bits per heavy atom. The van der Waals surface area contributed by atoms with Crippen molar-refractivity contribution in [2.24, 2.45) is 0 Å². The van der Waals surface area contributed by atoms with Crippen LogP contribution in [0.4, 0.5) is 13.2 Å². The summed E-state index contributed by atoms with van der Waals surface area (Å²) in [5.74, 6) is -1.74. The number of nitro groups is 1. The number of ether oxygens (including phenoxy) is 1. The maximum absolute atomic E-state index is 12.5. The molecule has 0 aliphatic heterocycles. The summed E-state index contributed by atoms with van der Waals surface area (Å²) in [7, 11) is 0. The molecule has 2 unspecified atom stereocenters. The molecule has 1 aromatic rings. The van der Waals surface area contributed by atoms with Gasteiger partial charge in [0.2, 0.25) is 0 Å². The summed E-state index contributed by atoms with van der Waals surface area (Å²) in [6, 6.07) is 4.05. The highest BCUT2D eigenvalue weighted by Gasteiger charge is 2.74. The number of halogens is 3. The molecule has 0 N–H and O–H groups in total. The van der Waals surface area contributed by atoms with E-state index in [0.29, 0.717) is 5.56 Å². The molecular formula is C15H16F3NO4. The number of alkyl halides is 3. The van der Waals surface area contributed by atoms with Crippen molar-refractivity contribution >= 4 is 5.97 Å². The molecule has 23 heavy (non-hydrogen) atoms. The number of carbonyl (C=O) groups is 1. The Labute approximate surface area is 130 Å². The third-order valence-electron chi connectivity index (χ3n) is 3.65. The predicted octanol–water partition coefficient (Wildman–Crippen LogP) is 3.55. The van der Waals surface area contributed by atoms with Gasteiger partial charge in [0.05, 0.1) is 11.5 Å². The van der Waals surface area contributed by atoms with E-state index in [-0.39, 0.29) is 6.42 Å². The molecule has 2 atom stereocenters. The zero-order valence-corrected chi connectivity index (χ0v) is 12.8. The lowest BCUT2D eigenvalue weighted by Gasteiger charge is -2.21. The summed E-state index contributed by atoms with van der Waals surface area (Å²) < 4.78 is 42.7. The lowest BCUT2D eigenvalue weighted by molar-refractivity contribution is -0.527. The average Bonchev–Trinajstić information content (AvgIpc) is 3.12. The minimum Gasteiger partial charge on any atom is -0.455 e. The predicted molar refractivity (Wildman–Crippen MR) is 74.4 cm³/mol. The Morgan fingerprint density at radius 3 is 2.17 bits per heavy atom. The van der Waals surface area contributed by atoms with Crippen LogP contribution < -0.4 is 0 Å². The van der Waals surface area contributed by atoms with Crippen LogP contribution in [0.2, 0.25) is 0 Å². The first-order valence-electron chi connectivity index (χ1n) is 6.93. The second-order valence-corrected chi connectivity index (χ2v) is 6.56. The lowest BCUT2D eigenvalue weighted by Crippen LogP contribution is -2.39. The summed E-state index contributed by atoms with van der Waals surface area (Å²) >= 11 is 0. The molecule has 1 aromatic carbocycles. The van der Waals surface area contributed by atoms with Crippen molar-refractivity contribution in [2.75, 3.05) is 0 Å². The molecule has 126 valence electrons. The maximum Gasteiger partial charge on any atom is 0.416 e. The molecule has 0 heterocycles. The van der Waals surface area contributed by atoms with Crippen molar-refractivity contribution in [1.29, 1.82) is 0 Å². The average molecular weight is 331 g/mol. The van der Waals surface area contributed by atoms with E-state index in [9.17, 15) is 28.1 Å². The van der Waals surface area contributed by atoms with E-state index in [0.717, 1.165) is 12.1 Å². The molecule has 5 nitrogen and oxygen atoms in total. The molecule has 0 saturated heterocycles. The van der Waals surface area contributed by atoms with Gasteiger partial charge in [0.15, 0.2) is 0 Å². The van der Waals surface area contributed by atoms with Crippen molar-refractivity contribution in [3.63, 3.8) is 0 Å². The minimum absolute atomic E-state index is 0.0831. The van der Waals surface area contributed by atoms with Crippen molar-refractivity contribution in [2.45, 2.75) is 50.4 Å². The Morgan fingerprint density at radius 1 is 1.26 bits per heavy atom. The molecule has 2 rings (SSSR count).